The molecule has 0 atom stereocenters. The number of hydrogen-bond donors (Lipinski definition) is 0. The molecule has 0 aliphatic carbocycles. The van der Waals surface area contributed by atoms with Crippen molar-refractivity contribution in [3.05, 3.63) is 188 Å². The van der Waals surface area contributed by atoms with Crippen LogP contribution in [0.5, 0.6) is 0 Å². The van der Waals surface area contributed by atoms with E-state index in [0.29, 0.717) is 17.5 Å². The Labute approximate surface area is 306 Å². The van der Waals surface area contributed by atoms with E-state index >= 15 is 0 Å². The highest BCUT2D eigenvalue weighted by molar-refractivity contribution is 6.13. The fourth-order valence-corrected chi connectivity index (χ4v) is 7.24. The second-order valence-corrected chi connectivity index (χ2v) is 13.3. The highest BCUT2D eigenvalue weighted by Gasteiger charge is 2.18. The first-order valence-corrected chi connectivity index (χ1v) is 17.8. The summed E-state index contributed by atoms with van der Waals surface area (Å²) in [4.78, 5) is 15.0. The topological polar surface area (TPSA) is 51.8 Å². The van der Waals surface area contributed by atoms with Crippen LogP contribution in [0.3, 0.4) is 0 Å². The minimum Gasteiger partial charge on any atom is -0.456 e. The van der Waals surface area contributed by atoms with Gasteiger partial charge in [-0.3, -0.25) is 0 Å². The molecule has 53 heavy (non-hydrogen) atoms. The van der Waals surface area contributed by atoms with E-state index in [2.05, 4.69) is 115 Å². The number of furan rings is 1. The quantitative estimate of drug-likeness (QED) is 0.176. The molecule has 8 aromatic carbocycles. The van der Waals surface area contributed by atoms with E-state index < -0.39 is 0 Å². The van der Waals surface area contributed by atoms with E-state index in [4.69, 9.17) is 19.4 Å². The van der Waals surface area contributed by atoms with Crippen molar-refractivity contribution in [3.8, 4) is 67.5 Å². The van der Waals surface area contributed by atoms with Gasteiger partial charge < -0.3 is 4.42 Å². The van der Waals surface area contributed by atoms with Crippen LogP contribution in [0.4, 0.5) is 0 Å². The van der Waals surface area contributed by atoms with Gasteiger partial charge in [-0.05, 0) is 80.6 Å². The zero-order valence-corrected chi connectivity index (χ0v) is 28.6. The lowest BCUT2D eigenvalue weighted by Crippen LogP contribution is -2.00. The molecule has 0 saturated carbocycles. The first kappa shape index (κ1) is 30.6. The van der Waals surface area contributed by atoms with Gasteiger partial charge in [0.05, 0.1) is 0 Å². The van der Waals surface area contributed by atoms with Crippen molar-refractivity contribution in [2.45, 2.75) is 0 Å². The zero-order chi connectivity index (χ0) is 35.1. The molecule has 0 unspecified atom stereocenters. The summed E-state index contributed by atoms with van der Waals surface area (Å²) in [5, 5.41) is 4.39. The zero-order valence-electron chi connectivity index (χ0n) is 28.6. The maximum atomic E-state index is 6.43. The van der Waals surface area contributed by atoms with Gasteiger partial charge in [0.2, 0.25) is 0 Å². The molecule has 0 saturated heterocycles. The summed E-state index contributed by atoms with van der Waals surface area (Å²) in [5.74, 6) is 1.86. The first-order chi connectivity index (χ1) is 26.2. The van der Waals surface area contributed by atoms with Gasteiger partial charge in [-0.2, -0.15) is 0 Å². The molecule has 0 bridgehead atoms. The SMILES string of the molecule is c1ccc(-c2cccc(-c3ccc4cc(-c5ccc6oc7cccc(-c8nc(-c9ccccc9)nc(-c9ccccc9)n8)c7c6c5)ccc4c3)c2)cc1. The summed E-state index contributed by atoms with van der Waals surface area (Å²) < 4.78 is 6.43. The first-order valence-electron chi connectivity index (χ1n) is 17.8. The lowest BCUT2D eigenvalue weighted by molar-refractivity contribution is 0.669. The molecule has 0 amide bonds. The Kier molecular flexibility index (Phi) is 7.43. The maximum absolute atomic E-state index is 6.43. The molecule has 4 heteroatoms. The fourth-order valence-electron chi connectivity index (χ4n) is 7.24. The maximum Gasteiger partial charge on any atom is 0.164 e. The lowest BCUT2D eigenvalue weighted by atomic mass is 9.95. The van der Waals surface area contributed by atoms with Crippen LogP contribution in [-0.2, 0) is 0 Å². The number of benzene rings is 8. The molecule has 0 aliphatic heterocycles. The molecule has 0 N–H and O–H groups in total. The third kappa shape index (κ3) is 5.73. The summed E-state index contributed by atoms with van der Waals surface area (Å²) in [6.45, 7) is 0. The molecule has 2 heterocycles. The molecule has 0 radical (unpaired) electrons. The second-order valence-electron chi connectivity index (χ2n) is 13.3. The van der Waals surface area contributed by atoms with Crippen LogP contribution in [0, 0.1) is 0 Å². The molecule has 0 fully saturated rings. The van der Waals surface area contributed by atoms with Crippen LogP contribution in [-0.4, -0.2) is 15.0 Å². The lowest BCUT2D eigenvalue weighted by Gasteiger charge is -2.10. The van der Waals surface area contributed by atoms with Crippen molar-refractivity contribution in [2.75, 3.05) is 0 Å². The molecule has 10 aromatic rings. The number of nitrogens with zero attached hydrogens (tertiary/aromatic N) is 3. The smallest absolute Gasteiger partial charge is 0.164 e. The van der Waals surface area contributed by atoms with E-state index in [-0.39, 0.29) is 0 Å². The Bertz CT molecular complexity index is 2880. The number of rotatable bonds is 6. The molecule has 2 aromatic heterocycles. The van der Waals surface area contributed by atoms with Gasteiger partial charge >= 0.3 is 0 Å². The molecule has 4 nitrogen and oxygen atoms in total. The largest absolute Gasteiger partial charge is 0.456 e. The van der Waals surface area contributed by atoms with Crippen LogP contribution in [0.1, 0.15) is 0 Å². The Morgan fingerprint density at radius 1 is 0.302 bits per heavy atom. The Morgan fingerprint density at radius 2 is 0.774 bits per heavy atom. The average Bonchev–Trinajstić information content (AvgIpc) is 3.62. The van der Waals surface area contributed by atoms with Gasteiger partial charge in [-0.1, -0.05) is 152 Å². The number of fused-ring (bicyclic) bond motifs is 4. The third-order valence-electron chi connectivity index (χ3n) is 9.91. The van der Waals surface area contributed by atoms with Crippen LogP contribution in [0.2, 0.25) is 0 Å². The van der Waals surface area contributed by atoms with Gasteiger partial charge in [-0.15, -0.1) is 0 Å². The van der Waals surface area contributed by atoms with Crippen LogP contribution in [0.25, 0.3) is 100 Å². The van der Waals surface area contributed by atoms with Crippen molar-refractivity contribution in [3.63, 3.8) is 0 Å². The number of hydrogen-bond acceptors (Lipinski definition) is 4. The van der Waals surface area contributed by atoms with Gasteiger partial charge in [0.1, 0.15) is 11.2 Å². The van der Waals surface area contributed by atoms with Gasteiger partial charge in [0.25, 0.3) is 0 Å². The van der Waals surface area contributed by atoms with Crippen molar-refractivity contribution in [2.24, 2.45) is 0 Å². The van der Waals surface area contributed by atoms with Crippen molar-refractivity contribution in [1.29, 1.82) is 0 Å². The Morgan fingerprint density at radius 3 is 1.40 bits per heavy atom. The predicted octanol–water partition coefficient (Wildman–Crippen LogP) is 12.9. The minimum absolute atomic E-state index is 0.604. The molecule has 0 spiro atoms. The predicted molar refractivity (Wildman–Crippen MR) is 217 cm³/mol. The summed E-state index contributed by atoms with van der Waals surface area (Å²) in [6.07, 6.45) is 0. The second kappa shape index (κ2) is 12.9. The molecular weight excluding hydrogens is 647 g/mol. The number of aromatic nitrogens is 3. The van der Waals surface area contributed by atoms with Crippen molar-refractivity contribution < 1.29 is 4.42 Å². The van der Waals surface area contributed by atoms with Crippen molar-refractivity contribution >= 4 is 32.7 Å². The molecule has 10 rings (SSSR count). The monoisotopic (exact) mass is 677 g/mol. The molecule has 248 valence electrons. The standard InChI is InChI=1S/C49H31N3O/c1-4-12-32(13-5-1)35-18-10-19-36(28-35)37-22-23-39-30-40(25-24-38(39)29-37)41-26-27-44-43(31-41)46-42(20-11-21-45(46)53-44)49-51-47(33-14-6-2-7-15-33)50-48(52-49)34-16-8-3-9-17-34/h1-31H. The highest BCUT2D eigenvalue weighted by atomic mass is 16.3. The van der Waals surface area contributed by atoms with E-state index in [1.54, 1.807) is 0 Å². The third-order valence-corrected chi connectivity index (χ3v) is 9.91. The molecule has 0 aliphatic rings. The van der Waals surface area contributed by atoms with Crippen LogP contribution < -0.4 is 0 Å². The van der Waals surface area contributed by atoms with E-state index in [1.807, 2.05) is 72.8 Å². The average molecular weight is 678 g/mol. The Hall–Kier alpha value is -7.17. The molecular formula is C49H31N3O. The highest BCUT2D eigenvalue weighted by Crippen LogP contribution is 2.39. The van der Waals surface area contributed by atoms with Crippen LogP contribution >= 0.6 is 0 Å². The minimum atomic E-state index is 0.604. The van der Waals surface area contributed by atoms with Crippen LogP contribution in [0.15, 0.2) is 192 Å². The normalized spacial score (nSPS) is 11.4. The fraction of sp³-hybridized carbons (Fsp3) is 0. The van der Waals surface area contributed by atoms with E-state index in [1.165, 1.54) is 33.0 Å². The van der Waals surface area contributed by atoms with E-state index in [9.17, 15) is 0 Å². The van der Waals surface area contributed by atoms with Gasteiger partial charge in [0, 0.05) is 27.5 Å². The summed E-state index contributed by atoms with van der Waals surface area (Å²) >= 11 is 0. The van der Waals surface area contributed by atoms with Gasteiger partial charge in [0.15, 0.2) is 17.5 Å². The summed E-state index contributed by atoms with van der Waals surface area (Å²) in [7, 11) is 0. The van der Waals surface area contributed by atoms with E-state index in [0.717, 1.165) is 49.8 Å². The van der Waals surface area contributed by atoms with Gasteiger partial charge in [-0.25, -0.2) is 15.0 Å². The van der Waals surface area contributed by atoms with Crippen molar-refractivity contribution in [1.82, 2.24) is 15.0 Å². The summed E-state index contributed by atoms with van der Waals surface area (Å²) in [5.41, 5.74) is 11.5. The summed E-state index contributed by atoms with van der Waals surface area (Å²) in [6, 6.07) is 65.4. The Balaban J connectivity index is 1.06.